The van der Waals surface area contributed by atoms with Crippen molar-refractivity contribution in [2.24, 2.45) is 5.92 Å². The fraction of sp³-hybridized carbons (Fsp3) is 0.625. The van der Waals surface area contributed by atoms with Crippen molar-refractivity contribution in [3.63, 3.8) is 0 Å². The van der Waals surface area contributed by atoms with Crippen LogP contribution in [0, 0.1) is 5.92 Å². The maximum atomic E-state index is 10.5. The van der Waals surface area contributed by atoms with Crippen LogP contribution in [0.5, 0.6) is 0 Å². The topological polar surface area (TPSA) is 74.6 Å². The molecule has 0 radical (unpaired) electrons. The summed E-state index contributed by atoms with van der Waals surface area (Å²) in [7, 11) is 0. The summed E-state index contributed by atoms with van der Waals surface area (Å²) >= 11 is 0. The molecule has 1 atom stereocenters. The van der Waals surface area contributed by atoms with Gasteiger partial charge in [0.05, 0.1) is 0 Å². The number of aliphatic carboxylic acids is 2. The zero-order chi connectivity index (χ0) is 16.1. The molecule has 0 saturated heterocycles. The summed E-state index contributed by atoms with van der Waals surface area (Å²) in [5.41, 5.74) is 0.739. The van der Waals surface area contributed by atoms with E-state index in [0.29, 0.717) is 23.5 Å². The Balaban J connectivity index is 0. The van der Waals surface area contributed by atoms with Gasteiger partial charge in [0.1, 0.15) is 0 Å². The predicted molar refractivity (Wildman–Crippen MR) is 81.8 cm³/mol. The molecule has 116 valence electrons. The Labute approximate surface area is 122 Å². The molecular weight excluding hydrogens is 256 g/mol. The van der Waals surface area contributed by atoms with Crippen molar-refractivity contribution in [3.8, 4) is 0 Å². The van der Waals surface area contributed by atoms with Crippen LogP contribution in [0.4, 0.5) is 0 Å². The molecule has 0 aromatic rings. The molecule has 0 saturated carbocycles. The average molecular weight is 284 g/mol. The van der Waals surface area contributed by atoms with Crippen LogP contribution in [0.15, 0.2) is 23.8 Å². The van der Waals surface area contributed by atoms with Gasteiger partial charge < -0.3 is 10.2 Å². The molecule has 20 heavy (non-hydrogen) atoms. The number of allylic oxidation sites excluding steroid dienone is 1. The number of unbranched alkanes of at least 4 members (excludes halogenated alkanes) is 1. The van der Waals surface area contributed by atoms with Crippen LogP contribution in [-0.2, 0) is 9.59 Å². The van der Waals surface area contributed by atoms with E-state index < -0.39 is 11.9 Å². The Kier molecular flexibility index (Phi) is 12.9. The van der Waals surface area contributed by atoms with Crippen molar-refractivity contribution in [3.05, 3.63) is 23.8 Å². The van der Waals surface area contributed by atoms with Crippen LogP contribution in [0.3, 0.4) is 0 Å². The molecule has 0 aromatic carbocycles. The van der Waals surface area contributed by atoms with Crippen LogP contribution in [0.2, 0.25) is 0 Å². The van der Waals surface area contributed by atoms with Gasteiger partial charge in [0.25, 0.3) is 0 Å². The summed E-state index contributed by atoms with van der Waals surface area (Å²) in [4.78, 5) is 20.4. The SMILES string of the molecule is C/C=C(\C)C(=O)O.C=C(CC(CC)CCCC)C(=O)O. The zero-order valence-electron chi connectivity index (χ0n) is 13.1. The quantitative estimate of drug-likeness (QED) is 0.653. The van der Waals surface area contributed by atoms with Gasteiger partial charge in [-0.2, -0.15) is 0 Å². The molecule has 0 amide bonds. The highest BCUT2D eigenvalue weighted by Gasteiger charge is 2.11. The Morgan fingerprint density at radius 1 is 1.20 bits per heavy atom. The maximum Gasteiger partial charge on any atom is 0.330 e. The second-order valence-corrected chi connectivity index (χ2v) is 4.81. The summed E-state index contributed by atoms with van der Waals surface area (Å²) in [6.07, 6.45) is 6.74. The van der Waals surface area contributed by atoms with Crippen LogP contribution in [-0.4, -0.2) is 22.2 Å². The van der Waals surface area contributed by atoms with Crippen molar-refractivity contribution < 1.29 is 19.8 Å². The van der Waals surface area contributed by atoms with E-state index in [2.05, 4.69) is 20.4 Å². The van der Waals surface area contributed by atoms with Crippen molar-refractivity contribution in [1.82, 2.24) is 0 Å². The van der Waals surface area contributed by atoms with Crippen LogP contribution in [0.1, 0.15) is 59.8 Å². The number of carboxylic acids is 2. The fourth-order valence-electron chi connectivity index (χ4n) is 1.50. The molecule has 0 heterocycles. The molecular formula is C16H28O4. The minimum Gasteiger partial charge on any atom is -0.478 e. The zero-order valence-corrected chi connectivity index (χ0v) is 13.1. The lowest BCUT2D eigenvalue weighted by Gasteiger charge is -2.13. The molecule has 0 fully saturated rings. The second kappa shape index (κ2) is 12.5. The van der Waals surface area contributed by atoms with Crippen molar-refractivity contribution in [2.45, 2.75) is 59.8 Å². The number of hydrogen-bond acceptors (Lipinski definition) is 2. The summed E-state index contributed by atoms with van der Waals surface area (Å²) in [5, 5.41) is 16.8. The van der Waals surface area contributed by atoms with Crippen LogP contribution in [0.25, 0.3) is 0 Å². The van der Waals surface area contributed by atoms with E-state index in [9.17, 15) is 9.59 Å². The summed E-state index contributed by atoms with van der Waals surface area (Å²) in [6.45, 7) is 11.1. The number of rotatable bonds is 8. The molecule has 0 spiro atoms. The van der Waals surface area contributed by atoms with Gasteiger partial charge in [0.2, 0.25) is 0 Å². The molecule has 0 aromatic heterocycles. The molecule has 2 N–H and O–H groups in total. The van der Waals surface area contributed by atoms with E-state index in [1.807, 2.05) is 0 Å². The van der Waals surface area contributed by atoms with Gasteiger partial charge in [0, 0.05) is 11.1 Å². The first-order valence-corrected chi connectivity index (χ1v) is 7.07. The molecule has 4 nitrogen and oxygen atoms in total. The molecule has 0 aliphatic rings. The first-order chi connectivity index (χ1) is 9.29. The van der Waals surface area contributed by atoms with Gasteiger partial charge in [-0.05, 0) is 26.2 Å². The highest BCUT2D eigenvalue weighted by molar-refractivity contribution is 5.86. The van der Waals surface area contributed by atoms with E-state index in [1.165, 1.54) is 12.8 Å². The Hall–Kier alpha value is -1.58. The predicted octanol–water partition coefficient (Wildman–Crippen LogP) is 4.27. The highest BCUT2D eigenvalue weighted by atomic mass is 16.4. The Bertz CT molecular complexity index is 342. The molecule has 0 rings (SSSR count). The van der Waals surface area contributed by atoms with Gasteiger partial charge in [-0.3, -0.25) is 0 Å². The van der Waals surface area contributed by atoms with E-state index in [4.69, 9.17) is 10.2 Å². The van der Waals surface area contributed by atoms with E-state index in [1.54, 1.807) is 19.9 Å². The van der Waals surface area contributed by atoms with Gasteiger partial charge in [-0.25, -0.2) is 9.59 Å². The van der Waals surface area contributed by atoms with Crippen molar-refractivity contribution in [1.29, 1.82) is 0 Å². The molecule has 4 heteroatoms. The third-order valence-electron chi connectivity index (χ3n) is 3.15. The number of hydrogen-bond donors (Lipinski definition) is 2. The third kappa shape index (κ3) is 11.5. The van der Waals surface area contributed by atoms with Crippen molar-refractivity contribution in [2.75, 3.05) is 0 Å². The minimum absolute atomic E-state index is 0.350. The molecule has 0 aliphatic heterocycles. The minimum atomic E-state index is -0.852. The lowest BCUT2D eigenvalue weighted by molar-refractivity contribution is -0.133. The van der Waals surface area contributed by atoms with Crippen LogP contribution < -0.4 is 0 Å². The average Bonchev–Trinajstić information content (AvgIpc) is 2.42. The molecule has 0 bridgehead atoms. The van der Waals surface area contributed by atoms with Gasteiger partial charge in [-0.15, -0.1) is 0 Å². The van der Waals surface area contributed by atoms with Gasteiger partial charge >= 0.3 is 11.9 Å². The lowest BCUT2D eigenvalue weighted by atomic mass is 9.92. The summed E-state index contributed by atoms with van der Waals surface area (Å²) in [5.74, 6) is -1.19. The summed E-state index contributed by atoms with van der Waals surface area (Å²) in [6, 6.07) is 0. The van der Waals surface area contributed by atoms with Crippen LogP contribution >= 0.6 is 0 Å². The number of carboxylic acid groups (broad SMARTS) is 2. The Morgan fingerprint density at radius 2 is 1.75 bits per heavy atom. The van der Waals surface area contributed by atoms with Gasteiger partial charge in [0.15, 0.2) is 0 Å². The Morgan fingerprint density at radius 3 is 2.00 bits per heavy atom. The molecule has 1 unspecified atom stereocenters. The van der Waals surface area contributed by atoms with E-state index >= 15 is 0 Å². The standard InChI is InChI=1S/C11H20O2.C5H8O2/c1-4-6-7-10(5-2)8-9(3)11(12)13;1-3-4(2)5(6)7/h10H,3-8H2,1-2H3,(H,12,13);3H,1-2H3,(H,6,7)/b;4-3+. The first kappa shape index (κ1) is 20.7. The van der Waals surface area contributed by atoms with E-state index in [0.717, 1.165) is 12.8 Å². The van der Waals surface area contributed by atoms with E-state index in [-0.39, 0.29) is 0 Å². The maximum absolute atomic E-state index is 10.5. The largest absolute Gasteiger partial charge is 0.478 e. The highest BCUT2D eigenvalue weighted by Crippen LogP contribution is 2.20. The van der Waals surface area contributed by atoms with Gasteiger partial charge in [-0.1, -0.05) is 52.2 Å². The number of carbonyl (C=O) groups is 2. The second-order valence-electron chi connectivity index (χ2n) is 4.81. The first-order valence-electron chi connectivity index (χ1n) is 7.07. The third-order valence-corrected chi connectivity index (χ3v) is 3.15. The van der Waals surface area contributed by atoms with Crippen molar-refractivity contribution >= 4 is 11.9 Å². The normalized spacial score (nSPS) is 12.1. The summed E-state index contributed by atoms with van der Waals surface area (Å²) < 4.78 is 0. The fourth-order valence-corrected chi connectivity index (χ4v) is 1.50. The monoisotopic (exact) mass is 284 g/mol. The molecule has 0 aliphatic carbocycles. The smallest absolute Gasteiger partial charge is 0.330 e. The lowest BCUT2D eigenvalue weighted by Crippen LogP contribution is -2.06.